The SMILES string of the molecule is CCCCC1=CC[C-]=C1.CCCCC1=CC[C-]=C1.C[C](C)=[Zr+2].[Cl-].[Cl-]. The summed E-state index contributed by atoms with van der Waals surface area (Å²) in [5, 5.41) is 0. The van der Waals surface area contributed by atoms with Gasteiger partial charge in [-0.1, -0.05) is 52.4 Å². The average molecular weight is 447 g/mol. The molecular weight excluding hydrogens is 414 g/mol. The predicted octanol–water partition coefficient (Wildman–Crippen LogP) is 0.486. The van der Waals surface area contributed by atoms with E-state index in [1.54, 1.807) is 24.2 Å². The summed E-state index contributed by atoms with van der Waals surface area (Å²) in [5.41, 5.74) is 2.97. The molecule has 3 heteroatoms. The molecule has 0 atom stereocenters. The van der Waals surface area contributed by atoms with Crippen molar-refractivity contribution in [1.29, 1.82) is 0 Å². The van der Waals surface area contributed by atoms with E-state index in [1.807, 2.05) is 0 Å². The van der Waals surface area contributed by atoms with Crippen LogP contribution in [0.1, 0.15) is 79.1 Å². The van der Waals surface area contributed by atoms with Crippen LogP contribution in [0.25, 0.3) is 0 Å². The van der Waals surface area contributed by atoms with Crippen LogP contribution in [0, 0.1) is 12.2 Å². The van der Waals surface area contributed by atoms with Gasteiger partial charge in [0.2, 0.25) is 0 Å². The van der Waals surface area contributed by atoms with Crippen LogP contribution in [-0.4, -0.2) is 3.21 Å². The zero-order valence-electron chi connectivity index (χ0n) is 15.7. The molecule has 0 bridgehead atoms. The topological polar surface area (TPSA) is 0 Å². The fraction of sp³-hybridized carbons (Fsp3) is 0.571. The molecule has 0 heterocycles. The van der Waals surface area contributed by atoms with E-state index in [1.165, 1.54) is 52.9 Å². The summed E-state index contributed by atoms with van der Waals surface area (Å²) in [7, 11) is 0. The number of rotatable bonds is 6. The van der Waals surface area contributed by atoms with Crippen molar-refractivity contribution < 1.29 is 49.0 Å². The van der Waals surface area contributed by atoms with E-state index < -0.39 is 0 Å². The first-order valence-electron chi connectivity index (χ1n) is 8.63. The van der Waals surface area contributed by atoms with Crippen molar-refractivity contribution in [1.82, 2.24) is 0 Å². The minimum Gasteiger partial charge on any atom is -1.00 e. The van der Waals surface area contributed by atoms with Gasteiger partial charge in [0.15, 0.2) is 0 Å². The molecule has 2 aliphatic carbocycles. The maximum Gasteiger partial charge on any atom is -1.00 e. The molecule has 0 spiro atoms. The Balaban J connectivity index is -0.000000283. The van der Waals surface area contributed by atoms with Gasteiger partial charge in [-0.05, 0) is 0 Å². The van der Waals surface area contributed by atoms with Gasteiger partial charge >= 0.3 is 41.3 Å². The van der Waals surface area contributed by atoms with Gasteiger partial charge in [0.1, 0.15) is 0 Å². The monoisotopic (exact) mass is 444 g/mol. The average Bonchev–Trinajstić information content (AvgIpc) is 3.16. The molecule has 0 amide bonds. The molecule has 0 unspecified atom stereocenters. The summed E-state index contributed by atoms with van der Waals surface area (Å²) < 4.78 is 1.51. The summed E-state index contributed by atoms with van der Waals surface area (Å²) in [6, 6.07) is 0. The van der Waals surface area contributed by atoms with Gasteiger partial charge in [0, 0.05) is 0 Å². The third-order valence-electron chi connectivity index (χ3n) is 3.18. The molecule has 2 aliphatic rings. The summed E-state index contributed by atoms with van der Waals surface area (Å²) in [4.78, 5) is 0. The molecule has 0 aromatic carbocycles. The first-order chi connectivity index (χ1) is 10.6. The van der Waals surface area contributed by atoms with Crippen LogP contribution in [0.2, 0.25) is 0 Å². The van der Waals surface area contributed by atoms with Crippen molar-refractivity contribution in [2.24, 2.45) is 0 Å². The second-order valence-corrected chi connectivity index (χ2v) is 8.33. The summed E-state index contributed by atoms with van der Waals surface area (Å²) in [6.07, 6.45) is 24.9. The number of hydrogen-bond acceptors (Lipinski definition) is 0. The summed E-state index contributed by atoms with van der Waals surface area (Å²) in [6.45, 7) is 8.70. The van der Waals surface area contributed by atoms with Crippen LogP contribution in [0.4, 0.5) is 0 Å². The second-order valence-electron chi connectivity index (χ2n) is 5.87. The van der Waals surface area contributed by atoms with Crippen molar-refractivity contribution in [2.75, 3.05) is 0 Å². The fourth-order valence-corrected chi connectivity index (χ4v) is 1.99. The molecule has 0 nitrogen and oxygen atoms in total. The predicted molar refractivity (Wildman–Crippen MR) is 96.4 cm³/mol. The molecule has 0 N–H and O–H groups in total. The normalized spacial score (nSPS) is 13.4. The Morgan fingerprint density at radius 2 is 1.21 bits per heavy atom. The zero-order valence-corrected chi connectivity index (χ0v) is 19.7. The van der Waals surface area contributed by atoms with Crippen LogP contribution < -0.4 is 24.8 Å². The van der Waals surface area contributed by atoms with Crippen molar-refractivity contribution in [2.45, 2.75) is 79.1 Å². The Morgan fingerprint density at radius 3 is 1.42 bits per heavy atom. The van der Waals surface area contributed by atoms with E-state index in [4.69, 9.17) is 0 Å². The molecule has 0 aromatic heterocycles. The van der Waals surface area contributed by atoms with Gasteiger partial charge in [-0.3, -0.25) is 12.2 Å². The molecule has 0 radical (unpaired) electrons. The molecule has 0 aromatic rings. The zero-order chi connectivity index (χ0) is 16.6. The Morgan fingerprint density at radius 1 is 0.875 bits per heavy atom. The smallest absolute Gasteiger partial charge is 1.00 e. The van der Waals surface area contributed by atoms with E-state index in [9.17, 15) is 0 Å². The molecule has 136 valence electrons. The van der Waals surface area contributed by atoms with Crippen LogP contribution in [0.3, 0.4) is 0 Å². The van der Waals surface area contributed by atoms with Crippen molar-refractivity contribution >= 4 is 3.21 Å². The van der Waals surface area contributed by atoms with Crippen LogP contribution in [0.5, 0.6) is 0 Å². The summed E-state index contributed by atoms with van der Waals surface area (Å²) >= 11 is 1.55. The van der Waals surface area contributed by atoms with Crippen LogP contribution in [-0.2, 0) is 24.2 Å². The van der Waals surface area contributed by atoms with Crippen molar-refractivity contribution in [3.63, 3.8) is 0 Å². The molecule has 2 rings (SSSR count). The first kappa shape index (κ1) is 29.1. The van der Waals surface area contributed by atoms with E-state index in [0.717, 1.165) is 12.8 Å². The summed E-state index contributed by atoms with van der Waals surface area (Å²) in [5.74, 6) is 0. The van der Waals surface area contributed by atoms with E-state index in [-0.39, 0.29) is 24.8 Å². The standard InChI is InChI=1S/2C9H13.C3H6.2ClH.Zr/c2*1-2-3-6-9-7-4-5-8-9;1-3-2;;;/h2*7-8H,2-4,6H2,1H3;1-2H3;2*1H;/q2*-1;;;;+2/p-2. The third kappa shape index (κ3) is 20.3. The van der Waals surface area contributed by atoms with Gasteiger partial charge < -0.3 is 24.8 Å². The van der Waals surface area contributed by atoms with E-state index in [2.05, 4.69) is 64.2 Å². The molecule has 0 saturated heterocycles. The maximum absolute atomic E-state index is 3.16. The number of hydrogen-bond donors (Lipinski definition) is 0. The van der Waals surface area contributed by atoms with Crippen molar-refractivity contribution in [3.8, 4) is 0 Å². The third-order valence-corrected chi connectivity index (χ3v) is 3.18. The number of halogens is 2. The Bertz CT molecular complexity index is 380. The van der Waals surface area contributed by atoms with Gasteiger partial charge in [0.05, 0.1) is 0 Å². The number of unbranched alkanes of at least 4 members (excludes halogenated alkanes) is 2. The van der Waals surface area contributed by atoms with Crippen LogP contribution in [0.15, 0.2) is 35.5 Å². The molecule has 0 aliphatic heterocycles. The molecule has 0 fully saturated rings. The maximum atomic E-state index is 3.16. The van der Waals surface area contributed by atoms with Gasteiger partial charge in [-0.2, -0.15) is 12.2 Å². The van der Waals surface area contributed by atoms with Gasteiger partial charge in [-0.15, -0.1) is 12.8 Å². The van der Waals surface area contributed by atoms with E-state index >= 15 is 0 Å². The number of allylic oxidation sites excluding steroid dienone is 8. The van der Waals surface area contributed by atoms with Crippen LogP contribution >= 0.6 is 0 Å². The second kappa shape index (κ2) is 21.3. The molecule has 0 saturated carbocycles. The fourth-order valence-electron chi connectivity index (χ4n) is 1.99. The Labute approximate surface area is 178 Å². The van der Waals surface area contributed by atoms with E-state index in [0.29, 0.717) is 0 Å². The van der Waals surface area contributed by atoms with Gasteiger partial charge in [-0.25, -0.2) is 23.3 Å². The van der Waals surface area contributed by atoms with Crippen molar-refractivity contribution in [3.05, 3.63) is 47.6 Å². The first-order valence-corrected chi connectivity index (χ1v) is 9.86. The Kier molecular flexibility index (Phi) is 25.8. The largest absolute Gasteiger partial charge is 1.00 e. The Hall–Kier alpha value is 0.293. The molecular formula is C21H32Cl2Zr-2. The molecule has 24 heavy (non-hydrogen) atoms. The minimum absolute atomic E-state index is 0. The quantitative estimate of drug-likeness (QED) is 0.521. The minimum atomic E-state index is 0. The van der Waals surface area contributed by atoms with Gasteiger partial charge in [0.25, 0.3) is 0 Å².